The van der Waals surface area contributed by atoms with Crippen molar-refractivity contribution in [2.24, 2.45) is 0 Å². The number of phenols is 2. The normalized spacial score (nSPS) is 42.2. The van der Waals surface area contributed by atoms with Crippen LogP contribution < -0.4 is 0 Å². The monoisotopic (exact) mass is 352 g/mol. The first kappa shape index (κ1) is 14.0. The molecule has 8 unspecified atom stereocenters. The number of aliphatic hydroxyl groups excluding tert-OH is 2. The second kappa shape index (κ2) is 4.07. The van der Waals surface area contributed by atoms with Crippen LogP contribution in [0.3, 0.4) is 0 Å². The van der Waals surface area contributed by atoms with Crippen LogP contribution >= 0.6 is 0 Å². The van der Waals surface area contributed by atoms with Crippen molar-refractivity contribution >= 4 is 0 Å². The van der Waals surface area contributed by atoms with E-state index in [1.165, 1.54) is 0 Å². The molecule has 0 radical (unpaired) electrons. The largest absolute Gasteiger partial charge is 0.508 e. The van der Waals surface area contributed by atoms with Gasteiger partial charge in [0.15, 0.2) is 0 Å². The molecular formula is C20H16O6. The summed E-state index contributed by atoms with van der Waals surface area (Å²) >= 11 is 0. The van der Waals surface area contributed by atoms with Crippen molar-refractivity contribution in [2.45, 2.75) is 48.5 Å². The number of ether oxygens (including phenoxy) is 2. The Morgan fingerprint density at radius 2 is 1.00 bits per heavy atom. The Morgan fingerprint density at radius 3 is 1.42 bits per heavy atom. The number of rotatable bonds is 0. The van der Waals surface area contributed by atoms with E-state index in [9.17, 15) is 20.4 Å². The number of epoxide rings is 2. The minimum Gasteiger partial charge on any atom is -0.508 e. The second-order valence-corrected chi connectivity index (χ2v) is 7.98. The Morgan fingerprint density at radius 1 is 0.577 bits per heavy atom. The smallest absolute Gasteiger partial charge is 0.121 e. The molecule has 0 aromatic heterocycles. The van der Waals surface area contributed by atoms with Gasteiger partial charge in [-0.2, -0.15) is 0 Å². The number of hydrogen-bond acceptors (Lipinski definition) is 6. The van der Waals surface area contributed by atoms with E-state index >= 15 is 0 Å². The van der Waals surface area contributed by atoms with E-state index in [2.05, 4.69) is 0 Å². The molecule has 2 aromatic rings. The van der Waals surface area contributed by atoms with Crippen LogP contribution in [-0.2, 0) is 9.47 Å². The summed E-state index contributed by atoms with van der Waals surface area (Å²) in [5, 5.41) is 42.2. The molecule has 2 saturated heterocycles. The van der Waals surface area contributed by atoms with Crippen LogP contribution in [0.4, 0.5) is 0 Å². The highest BCUT2D eigenvalue weighted by molar-refractivity contribution is 5.67. The van der Waals surface area contributed by atoms with Crippen molar-refractivity contribution in [3.05, 3.63) is 57.6 Å². The van der Waals surface area contributed by atoms with Crippen molar-refractivity contribution < 1.29 is 29.9 Å². The van der Waals surface area contributed by atoms with Crippen molar-refractivity contribution in [2.75, 3.05) is 0 Å². The van der Waals surface area contributed by atoms with Gasteiger partial charge in [0.05, 0.1) is 12.2 Å². The number of fused-ring (bicyclic) bond motifs is 6. The molecule has 5 aliphatic rings. The van der Waals surface area contributed by atoms with Crippen LogP contribution in [0.15, 0.2) is 24.3 Å². The van der Waals surface area contributed by atoms with Crippen molar-refractivity contribution in [3.8, 4) is 11.5 Å². The fraction of sp³-hybridized carbons (Fsp3) is 0.400. The maximum Gasteiger partial charge on any atom is 0.121 e. The first-order valence-electron chi connectivity index (χ1n) is 8.96. The maximum absolute atomic E-state index is 10.7. The van der Waals surface area contributed by atoms with Crippen molar-refractivity contribution in [3.63, 3.8) is 0 Å². The highest BCUT2D eigenvalue weighted by Crippen LogP contribution is 2.65. The Bertz CT molecular complexity index is 934. The molecule has 2 aromatic carbocycles. The van der Waals surface area contributed by atoms with Gasteiger partial charge in [-0.1, -0.05) is 12.1 Å². The molecule has 0 saturated carbocycles. The Labute approximate surface area is 148 Å². The van der Waals surface area contributed by atoms with E-state index in [1.807, 2.05) is 12.1 Å². The van der Waals surface area contributed by atoms with Gasteiger partial charge in [-0.3, -0.25) is 0 Å². The van der Waals surface area contributed by atoms with Crippen molar-refractivity contribution in [1.29, 1.82) is 0 Å². The summed E-state index contributed by atoms with van der Waals surface area (Å²) in [5.74, 6) is -0.0641. The topological polar surface area (TPSA) is 106 Å². The second-order valence-electron chi connectivity index (χ2n) is 7.98. The first-order chi connectivity index (χ1) is 12.6. The zero-order chi connectivity index (χ0) is 17.5. The van der Waals surface area contributed by atoms with Gasteiger partial charge in [0.25, 0.3) is 0 Å². The van der Waals surface area contributed by atoms with Crippen LogP contribution in [0.5, 0.6) is 11.5 Å². The molecule has 3 aliphatic carbocycles. The van der Waals surface area contributed by atoms with Gasteiger partial charge in [-0.15, -0.1) is 0 Å². The van der Waals surface area contributed by atoms with Crippen LogP contribution in [0, 0.1) is 0 Å². The highest BCUT2D eigenvalue weighted by atomic mass is 16.6. The predicted octanol–water partition coefficient (Wildman–Crippen LogP) is 1.30. The first-order valence-corrected chi connectivity index (χ1v) is 8.96. The Balaban J connectivity index is 1.61. The zero-order valence-corrected chi connectivity index (χ0v) is 13.5. The van der Waals surface area contributed by atoms with E-state index < -0.39 is 12.2 Å². The molecule has 26 heavy (non-hydrogen) atoms. The molecule has 2 aliphatic heterocycles. The molecule has 132 valence electrons. The summed E-state index contributed by atoms with van der Waals surface area (Å²) in [6, 6.07) is 7.00. The number of aromatic hydroxyl groups is 2. The van der Waals surface area contributed by atoms with E-state index in [1.54, 1.807) is 12.1 Å². The third kappa shape index (κ3) is 1.36. The quantitative estimate of drug-likeness (QED) is 0.533. The maximum atomic E-state index is 10.7. The van der Waals surface area contributed by atoms with Gasteiger partial charge < -0.3 is 29.9 Å². The van der Waals surface area contributed by atoms with Crippen molar-refractivity contribution in [1.82, 2.24) is 0 Å². The zero-order valence-electron chi connectivity index (χ0n) is 13.5. The standard InChI is InChI=1S/C20H16O6/c21-7-3-1-5-9-12(18-20(26-18)15(23)13(7)9)6-2-4-8(22)14-10(6)11(5)17-19(25-17)16(14)24/h1-4,11-12,15-24H. The van der Waals surface area contributed by atoms with E-state index in [-0.39, 0.29) is 47.8 Å². The van der Waals surface area contributed by atoms with Gasteiger partial charge in [0.2, 0.25) is 0 Å². The van der Waals surface area contributed by atoms with Gasteiger partial charge in [0, 0.05) is 23.0 Å². The van der Waals surface area contributed by atoms with Crippen LogP contribution in [0.2, 0.25) is 0 Å². The van der Waals surface area contributed by atoms with Crippen LogP contribution in [0.1, 0.15) is 57.4 Å². The fourth-order valence-electron chi connectivity index (χ4n) is 5.78. The summed E-state index contributed by atoms with van der Waals surface area (Å²) in [5.41, 5.74) is 4.95. The highest BCUT2D eigenvalue weighted by Gasteiger charge is 2.63. The minimum absolute atomic E-state index is 0.0850. The summed E-state index contributed by atoms with van der Waals surface area (Å²) < 4.78 is 11.6. The summed E-state index contributed by atoms with van der Waals surface area (Å²) in [4.78, 5) is 0. The lowest BCUT2D eigenvalue weighted by atomic mass is 9.62. The lowest BCUT2D eigenvalue weighted by molar-refractivity contribution is 0.132. The van der Waals surface area contributed by atoms with Gasteiger partial charge in [-0.25, -0.2) is 0 Å². The van der Waals surface area contributed by atoms with E-state index in [0.717, 1.165) is 22.3 Å². The number of phenolic OH excluding ortho intramolecular Hbond substituents is 2. The summed E-state index contributed by atoms with van der Waals surface area (Å²) in [6.45, 7) is 0. The minimum atomic E-state index is -0.838. The van der Waals surface area contributed by atoms with Crippen LogP contribution in [0.25, 0.3) is 0 Å². The molecule has 0 spiro atoms. The Hall–Kier alpha value is -2.12. The molecule has 2 fully saturated rings. The SMILES string of the molecule is Oc1ccc2c3c1C(O)C1OC1C3c1ccc(O)c3c1C2C1OC1C3O. The molecule has 2 heterocycles. The van der Waals surface area contributed by atoms with Crippen LogP contribution in [-0.4, -0.2) is 44.8 Å². The molecule has 6 heteroatoms. The fourth-order valence-corrected chi connectivity index (χ4v) is 5.78. The van der Waals surface area contributed by atoms with Gasteiger partial charge >= 0.3 is 0 Å². The third-order valence-electron chi connectivity index (χ3n) is 6.88. The molecule has 4 N–H and O–H groups in total. The summed E-state index contributed by atoms with van der Waals surface area (Å²) in [7, 11) is 0. The Kier molecular flexibility index (Phi) is 2.19. The lowest BCUT2D eigenvalue weighted by Crippen LogP contribution is -2.35. The average Bonchev–Trinajstić information content (AvgIpc) is 3.51. The number of aliphatic hydroxyl groups is 2. The molecule has 0 bridgehead atoms. The molecular weight excluding hydrogens is 336 g/mol. The molecule has 6 nitrogen and oxygen atoms in total. The van der Waals surface area contributed by atoms with E-state index in [4.69, 9.17) is 9.47 Å². The molecule has 7 rings (SSSR count). The predicted molar refractivity (Wildman–Crippen MR) is 87.1 cm³/mol. The lowest BCUT2D eigenvalue weighted by Gasteiger charge is -2.40. The third-order valence-corrected chi connectivity index (χ3v) is 6.88. The van der Waals surface area contributed by atoms with Gasteiger partial charge in [0.1, 0.15) is 35.9 Å². The molecule has 8 atom stereocenters. The molecule has 0 amide bonds. The van der Waals surface area contributed by atoms with E-state index in [0.29, 0.717) is 11.1 Å². The number of benzene rings is 2. The number of hydrogen-bond donors (Lipinski definition) is 4. The average molecular weight is 352 g/mol. The van der Waals surface area contributed by atoms with Gasteiger partial charge in [-0.05, 0) is 34.4 Å². The summed E-state index contributed by atoms with van der Waals surface area (Å²) in [6.07, 6.45) is -2.63.